The van der Waals surface area contributed by atoms with Crippen LogP contribution in [0.4, 0.5) is 13.2 Å². The minimum absolute atomic E-state index is 0.373. The highest BCUT2D eigenvalue weighted by atomic mass is 19.2. The molecular formula is C16H11F3O. The van der Waals surface area contributed by atoms with Gasteiger partial charge in [-0.25, -0.2) is 13.2 Å². The van der Waals surface area contributed by atoms with Crippen molar-refractivity contribution in [1.82, 2.24) is 0 Å². The lowest BCUT2D eigenvalue weighted by atomic mass is 9.94. The van der Waals surface area contributed by atoms with Crippen LogP contribution in [0.15, 0.2) is 36.4 Å². The van der Waals surface area contributed by atoms with Crippen molar-refractivity contribution in [3.63, 3.8) is 0 Å². The van der Waals surface area contributed by atoms with Crippen LogP contribution in [-0.2, 0) is 12.8 Å². The number of benzene rings is 2. The first kappa shape index (κ1) is 12.9. The van der Waals surface area contributed by atoms with Gasteiger partial charge in [-0.1, -0.05) is 24.3 Å². The summed E-state index contributed by atoms with van der Waals surface area (Å²) in [7, 11) is 0. The average molecular weight is 276 g/mol. The number of halogens is 3. The number of hydrogen-bond acceptors (Lipinski definition) is 1. The van der Waals surface area contributed by atoms with Crippen molar-refractivity contribution in [3.8, 4) is 0 Å². The lowest BCUT2D eigenvalue weighted by molar-refractivity contribution is 0.0920. The van der Waals surface area contributed by atoms with Crippen LogP contribution in [0.3, 0.4) is 0 Å². The minimum atomic E-state index is -1.28. The summed E-state index contributed by atoms with van der Waals surface area (Å²) in [5.74, 6) is -4.38. The van der Waals surface area contributed by atoms with E-state index in [1.807, 2.05) is 24.3 Å². The fourth-order valence-electron chi connectivity index (χ4n) is 2.68. The molecule has 1 nitrogen and oxygen atoms in total. The number of hydrogen-bond donors (Lipinski definition) is 0. The van der Waals surface area contributed by atoms with Crippen LogP contribution in [0.5, 0.6) is 0 Å². The van der Waals surface area contributed by atoms with Crippen LogP contribution < -0.4 is 0 Å². The van der Waals surface area contributed by atoms with Gasteiger partial charge in [-0.2, -0.15) is 0 Å². The summed E-state index contributed by atoms with van der Waals surface area (Å²) in [4.78, 5) is 12.3. The molecule has 3 rings (SSSR count). The van der Waals surface area contributed by atoms with E-state index in [1.165, 1.54) is 0 Å². The molecule has 0 radical (unpaired) electrons. The fraction of sp³-hybridized carbons (Fsp3) is 0.188. The third-order valence-electron chi connectivity index (χ3n) is 3.70. The molecule has 20 heavy (non-hydrogen) atoms. The van der Waals surface area contributed by atoms with Gasteiger partial charge in [0.2, 0.25) is 0 Å². The Kier molecular flexibility index (Phi) is 3.08. The van der Waals surface area contributed by atoms with Gasteiger partial charge in [-0.3, -0.25) is 4.79 Å². The number of rotatable bonds is 2. The second-order valence-electron chi connectivity index (χ2n) is 4.98. The van der Waals surface area contributed by atoms with Gasteiger partial charge in [0.15, 0.2) is 17.4 Å². The molecule has 2 aromatic carbocycles. The Morgan fingerprint density at radius 3 is 2.05 bits per heavy atom. The van der Waals surface area contributed by atoms with Crippen molar-refractivity contribution in [2.75, 3.05) is 0 Å². The maximum Gasteiger partial charge on any atom is 0.169 e. The van der Waals surface area contributed by atoms with Crippen molar-refractivity contribution >= 4 is 5.78 Å². The van der Waals surface area contributed by atoms with E-state index in [2.05, 4.69) is 0 Å². The second kappa shape index (κ2) is 4.78. The van der Waals surface area contributed by atoms with Crippen molar-refractivity contribution in [3.05, 3.63) is 70.5 Å². The second-order valence-corrected chi connectivity index (χ2v) is 4.98. The maximum absolute atomic E-state index is 13.6. The van der Waals surface area contributed by atoms with E-state index in [9.17, 15) is 18.0 Å². The zero-order valence-electron chi connectivity index (χ0n) is 10.5. The van der Waals surface area contributed by atoms with E-state index >= 15 is 0 Å². The largest absolute Gasteiger partial charge is 0.294 e. The van der Waals surface area contributed by atoms with Gasteiger partial charge in [-0.05, 0) is 30.0 Å². The number of ketones is 1. The molecule has 0 N–H and O–H groups in total. The highest BCUT2D eigenvalue weighted by Gasteiger charge is 2.30. The topological polar surface area (TPSA) is 17.1 Å². The third kappa shape index (κ3) is 2.11. The smallest absolute Gasteiger partial charge is 0.169 e. The first-order valence-electron chi connectivity index (χ1n) is 6.32. The number of carbonyl (C=O) groups is 1. The predicted molar refractivity (Wildman–Crippen MR) is 68.0 cm³/mol. The molecule has 0 unspecified atom stereocenters. The van der Waals surface area contributed by atoms with E-state index in [-0.39, 0.29) is 5.56 Å². The van der Waals surface area contributed by atoms with Gasteiger partial charge >= 0.3 is 0 Å². The Labute approximate surface area is 114 Å². The highest BCUT2D eigenvalue weighted by Crippen LogP contribution is 2.30. The molecule has 0 saturated carbocycles. The molecule has 0 saturated heterocycles. The Balaban J connectivity index is 1.90. The Bertz CT molecular complexity index is 669. The summed E-state index contributed by atoms with van der Waals surface area (Å²) in [6.07, 6.45) is 1.01. The number of carbonyl (C=O) groups excluding carboxylic acids is 1. The molecule has 2 aromatic rings. The molecule has 102 valence electrons. The molecule has 0 aromatic heterocycles. The average Bonchev–Trinajstić information content (AvgIpc) is 2.86. The zero-order valence-corrected chi connectivity index (χ0v) is 10.5. The minimum Gasteiger partial charge on any atom is -0.294 e. The van der Waals surface area contributed by atoms with Crippen molar-refractivity contribution < 1.29 is 18.0 Å². The molecular weight excluding hydrogens is 265 g/mol. The Morgan fingerprint density at radius 2 is 1.45 bits per heavy atom. The first-order chi connectivity index (χ1) is 9.56. The van der Waals surface area contributed by atoms with E-state index in [4.69, 9.17) is 0 Å². The molecule has 0 bridgehead atoms. The summed E-state index contributed by atoms with van der Waals surface area (Å²) in [5.41, 5.74) is 1.73. The standard InChI is InChI=1S/C16H11F3O/c17-13-8-15(19)14(18)7-12(13)16(20)11-5-9-3-1-2-4-10(9)6-11/h1-4,7-8,11H,5-6H2. The summed E-state index contributed by atoms with van der Waals surface area (Å²) >= 11 is 0. The van der Waals surface area contributed by atoms with Gasteiger partial charge < -0.3 is 0 Å². The van der Waals surface area contributed by atoms with Crippen molar-refractivity contribution in [1.29, 1.82) is 0 Å². The predicted octanol–water partition coefficient (Wildman–Crippen LogP) is 3.70. The molecule has 0 fully saturated rings. The Hall–Kier alpha value is -2.10. The normalized spacial score (nSPS) is 14.3. The van der Waals surface area contributed by atoms with Gasteiger partial charge in [0.05, 0.1) is 5.56 Å². The van der Waals surface area contributed by atoms with E-state index in [1.54, 1.807) is 0 Å². The van der Waals surface area contributed by atoms with Crippen LogP contribution in [0.25, 0.3) is 0 Å². The van der Waals surface area contributed by atoms with Crippen molar-refractivity contribution in [2.24, 2.45) is 5.92 Å². The van der Waals surface area contributed by atoms with Crippen LogP contribution in [-0.4, -0.2) is 5.78 Å². The Morgan fingerprint density at radius 1 is 0.900 bits per heavy atom. The molecule has 1 aliphatic rings. The molecule has 0 amide bonds. The molecule has 1 aliphatic carbocycles. The lowest BCUT2D eigenvalue weighted by Gasteiger charge is -2.09. The van der Waals surface area contributed by atoms with Crippen LogP contribution >= 0.6 is 0 Å². The van der Waals surface area contributed by atoms with Gasteiger partial charge in [0.25, 0.3) is 0 Å². The fourth-order valence-corrected chi connectivity index (χ4v) is 2.68. The molecule has 4 heteroatoms. The van der Waals surface area contributed by atoms with E-state index in [0.29, 0.717) is 25.0 Å². The monoisotopic (exact) mass is 276 g/mol. The molecule has 0 aliphatic heterocycles. The van der Waals surface area contributed by atoms with E-state index in [0.717, 1.165) is 11.1 Å². The van der Waals surface area contributed by atoms with Gasteiger partial charge in [-0.15, -0.1) is 0 Å². The zero-order chi connectivity index (χ0) is 14.3. The van der Waals surface area contributed by atoms with Gasteiger partial charge in [0, 0.05) is 12.0 Å². The molecule has 0 spiro atoms. The van der Waals surface area contributed by atoms with Crippen LogP contribution in [0.1, 0.15) is 21.5 Å². The highest BCUT2D eigenvalue weighted by molar-refractivity contribution is 5.98. The summed E-state index contributed by atoms with van der Waals surface area (Å²) in [6, 6.07) is 8.67. The molecule has 0 heterocycles. The number of fused-ring (bicyclic) bond motifs is 1. The van der Waals surface area contributed by atoms with Crippen LogP contribution in [0.2, 0.25) is 0 Å². The molecule has 0 atom stereocenters. The quantitative estimate of drug-likeness (QED) is 0.604. The third-order valence-corrected chi connectivity index (χ3v) is 3.70. The SMILES string of the molecule is O=C(c1cc(F)c(F)cc1F)C1Cc2ccccc2C1. The van der Waals surface area contributed by atoms with E-state index < -0.39 is 29.2 Å². The summed E-state index contributed by atoms with van der Waals surface area (Å²) < 4.78 is 39.7. The van der Waals surface area contributed by atoms with Crippen LogP contribution in [0, 0.1) is 23.4 Å². The lowest BCUT2D eigenvalue weighted by Crippen LogP contribution is -2.17. The van der Waals surface area contributed by atoms with Crippen molar-refractivity contribution in [2.45, 2.75) is 12.8 Å². The summed E-state index contributed by atoms with van der Waals surface area (Å²) in [5, 5.41) is 0. The number of Topliss-reactive ketones (excluding diaryl/α,β-unsaturated/α-hetero) is 1. The maximum atomic E-state index is 13.6. The first-order valence-corrected chi connectivity index (χ1v) is 6.32. The van der Waals surface area contributed by atoms with Gasteiger partial charge in [0.1, 0.15) is 5.82 Å². The summed E-state index contributed by atoms with van der Waals surface area (Å²) in [6.45, 7) is 0.